The number of nitrogens with zero attached hydrogens (tertiary/aromatic N) is 2. The van der Waals surface area contributed by atoms with Crippen LogP contribution in [0.1, 0.15) is 30.0 Å². The molecule has 3 aliphatic rings. The standard InChI is InChI=1S/C28H31N3O3S/c1-4-19-6-9-23(10-7-19)35(32,33)30-28(27-16-21-13-15-31(27)18-20(21)5-2)24-12-14-29-26-11-8-22(34-3)17-25(24)26/h4-12,14,17,20-21,27-28,30H,1-2,13,15-16,18H2,3H3/t20?,21?,27?,28-/m0/s1. The van der Waals surface area contributed by atoms with Crippen molar-refractivity contribution in [2.45, 2.75) is 29.8 Å². The van der Waals surface area contributed by atoms with Crippen molar-refractivity contribution in [3.63, 3.8) is 0 Å². The van der Waals surface area contributed by atoms with Crippen molar-refractivity contribution < 1.29 is 13.2 Å². The van der Waals surface area contributed by atoms with Crippen molar-refractivity contribution in [1.29, 1.82) is 0 Å². The number of hydrogen-bond donors (Lipinski definition) is 1. The maximum Gasteiger partial charge on any atom is 0.241 e. The zero-order valence-corrected chi connectivity index (χ0v) is 20.7. The maximum absolute atomic E-state index is 13.6. The van der Waals surface area contributed by atoms with E-state index in [-0.39, 0.29) is 10.9 Å². The Bertz CT molecular complexity index is 1350. The molecule has 35 heavy (non-hydrogen) atoms. The third-order valence-electron chi connectivity index (χ3n) is 7.56. The first-order chi connectivity index (χ1) is 16.9. The van der Waals surface area contributed by atoms with Crippen molar-refractivity contribution in [2.24, 2.45) is 11.8 Å². The number of fused-ring (bicyclic) bond motifs is 4. The van der Waals surface area contributed by atoms with Crippen LogP contribution in [0.3, 0.4) is 0 Å². The number of sulfonamides is 1. The average Bonchev–Trinajstić information content (AvgIpc) is 2.91. The molecule has 5 atom stereocenters. The Labute approximate surface area is 207 Å². The number of ether oxygens (including phenoxy) is 1. The van der Waals surface area contributed by atoms with Crippen LogP contribution >= 0.6 is 0 Å². The van der Waals surface area contributed by atoms with Gasteiger partial charge >= 0.3 is 0 Å². The van der Waals surface area contributed by atoms with Gasteiger partial charge in [-0.15, -0.1) is 6.58 Å². The first-order valence-electron chi connectivity index (χ1n) is 12.0. The monoisotopic (exact) mass is 489 g/mol. The van der Waals surface area contributed by atoms with Gasteiger partial charge in [-0.3, -0.25) is 9.88 Å². The quantitative estimate of drug-likeness (QED) is 0.460. The fourth-order valence-corrected chi connectivity index (χ4v) is 6.89. The first-order valence-corrected chi connectivity index (χ1v) is 13.5. The zero-order chi connectivity index (χ0) is 24.6. The van der Waals surface area contributed by atoms with Gasteiger partial charge in [0.15, 0.2) is 0 Å². The molecule has 0 aliphatic carbocycles. The fraction of sp³-hybridized carbons (Fsp3) is 0.321. The molecule has 3 saturated heterocycles. The molecule has 0 radical (unpaired) electrons. The van der Waals surface area contributed by atoms with Crippen molar-refractivity contribution in [3.8, 4) is 5.75 Å². The van der Waals surface area contributed by atoms with Crippen LogP contribution in [-0.2, 0) is 10.0 Å². The molecule has 0 saturated carbocycles. The van der Waals surface area contributed by atoms with Crippen LogP contribution < -0.4 is 9.46 Å². The van der Waals surface area contributed by atoms with E-state index in [1.165, 1.54) is 0 Å². The second-order valence-electron chi connectivity index (χ2n) is 9.40. The lowest BCUT2D eigenvalue weighted by Gasteiger charge is -2.51. The van der Waals surface area contributed by atoms with Crippen molar-refractivity contribution in [1.82, 2.24) is 14.6 Å². The molecule has 3 aliphatic heterocycles. The molecule has 0 spiro atoms. The van der Waals surface area contributed by atoms with E-state index in [4.69, 9.17) is 4.74 Å². The molecule has 7 heteroatoms. The van der Waals surface area contributed by atoms with E-state index < -0.39 is 16.1 Å². The number of nitrogens with one attached hydrogen (secondary N) is 1. The van der Waals surface area contributed by atoms with Gasteiger partial charge in [-0.2, -0.15) is 0 Å². The van der Waals surface area contributed by atoms with Crippen LogP contribution in [0.5, 0.6) is 5.75 Å². The normalized spacial score (nSPS) is 24.7. The number of hydrogen-bond acceptors (Lipinski definition) is 5. The van der Waals surface area contributed by atoms with Gasteiger partial charge in [0.25, 0.3) is 0 Å². The Morgan fingerprint density at radius 1 is 1.17 bits per heavy atom. The van der Waals surface area contributed by atoms with E-state index in [1.54, 1.807) is 43.6 Å². The average molecular weight is 490 g/mol. The molecule has 3 fully saturated rings. The summed E-state index contributed by atoms with van der Waals surface area (Å²) in [6.45, 7) is 9.65. The highest BCUT2D eigenvalue weighted by atomic mass is 32.2. The maximum atomic E-state index is 13.6. The zero-order valence-electron chi connectivity index (χ0n) is 19.9. The molecule has 182 valence electrons. The van der Waals surface area contributed by atoms with Crippen molar-refractivity contribution in [3.05, 3.63) is 85.1 Å². The molecule has 3 unspecified atom stereocenters. The summed E-state index contributed by atoms with van der Waals surface area (Å²) in [4.78, 5) is 7.19. The summed E-state index contributed by atoms with van der Waals surface area (Å²) < 4.78 is 35.8. The lowest BCUT2D eigenvalue weighted by molar-refractivity contribution is 0.00490. The van der Waals surface area contributed by atoms with Crippen LogP contribution in [0.2, 0.25) is 0 Å². The summed E-state index contributed by atoms with van der Waals surface area (Å²) in [5, 5.41) is 0.893. The van der Waals surface area contributed by atoms with Crippen LogP contribution in [0.25, 0.3) is 17.0 Å². The second kappa shape index (κ2) is 9.57. The van der Waals surface area contributed by atoms with Gasteiger partial charge in [0.05, 0.1) is 23.6 Å². The highest BCUT2D eigenvalue weighted by Crippen LogP contribution is 2.42. The predicted molar refractivity (Wildman–Crippen MR) is 140 cm³/mol. The minimum Gasteiger partial charge on any atom is -0.497 e. The summed E-state index contributed by atoms with van der Waals surface area (Å²) in [5.41, 5.74) is 2.59. The minimum absolute atomic E-state index is 0.0315. The second-order valence-corrected chi connectivity index (χ2v) is 11.1. The summed E-state index contributed by atoms with van der Waals surface area (Å²) in [5.74, 6) is 1.66. The molecule has 1 aromatic heterocycles. The molecule has 6 nitrogen and oxygen atoms in total. The smallest absolute Gasteiger partial charge is 0.241 e. The Morgan fingerprint density at radius 2 is 1.97 bits per heavy atom. The largest absolute Gasteiger partial charge is 0.497 e. The number of piperidine rings is 3. The van der Waals surface area contributed by atoms with Gasteiger partial charge in [-0.05, 0) is 78.7 Å². The highest BCUT2D eigenvalue weighted by molar-refractivity contribution is 7.89. The summed E-state index contributed by atoms with van der Waals surface area (Å²) >= 11 is 0. The Balaban J connectivity index is 1.60. The number of benzene rings is 2. The van der Waals surface area contributed by atoms with Gasteiger partial charge in [0.1, 0.15) is 5.75 Å². The van der Waals surface area contributed by atoms with Crippen LogP contribution in [0.15, 0.2) is 78.9 Å². The lowest BCUT2D eigenvalue weighted by Crippen LogP contribution is -2.57. The summed E-state index contributed by atoms with van der Waals surface area (Å²) in [6, 6.07) is 14.1. The predicted octanol–water partition coefficient (Wildman–Crippen LogP) is 4.80. The Hall–Kier alpha value is -3.00. The van der Waals surface area contributed by atoms with E-state index in [1.807, 2.05) is 24.3 Å². The van der Waals surface area contributed by atoms with E-state index in [0.717, 1.165) is 48.0 Å². The van der Waals surface area contributed by atoms with Gasteiger partial charge in [0, 0.05) is 24.2 Å². The van der Waals surface area contributed by atoms with Crippen LogP contribution in [0.4, 0.5) is 0 Å². The SMILES string of the molecule is C=Cc1ccc(S(=O)(=O)N[C@@H](c2ccnc3ccc(OC)cc23)C2CC3CC[N@]2CC3C=C)cc1. The van der Waals surface area contributed by atoms with Gasteiger partial charge < -0.3 is 4.74 Å². The minimum atomic E-state index is -3.78. The van der Waals surface area contributed by atoms with E-state index in [0.29, 0.717) is 17.6 Å². The van der Waals surface area contributed by atoms with E-state index in [9.17, 15) is 8.42 Å². The topological polar surface area (TPSA) is 71.5 Å². The number of methoxy groups -OCH3 is 1. The third-order valence-corrected chi connectivity index (χ3v) is 9.02. The van der Waals surface area contributed by atoms with Crippen LogP contribution in [0, 0.1) is 11.8 Å². The fourth-order valence-electron chi connectivity index (χ4n) is 5.64. The molecule has 0 amide bonds. The Morgan fingerprint density at radius 3 is 2.63 bits per heavy atom. The Kier molecular flexibility index (Phi) is 6.49. The van der Waals surface area contributed by atoms with Crippen molar-refractivity contribution >= 4 is 27.0 Å². The van der Waals surface area contributed by atoms with Gasteiger partial charge in [0.2, 0.25) is 10.0 Å². The molecule has 1 N–H and O–H groups in total. The molecule has 3 aromatic rings. The summed E-state index contributed by atoms with van der Waals surface area (Å²) in [6.07, 6.45) is 7.53. The number of aromatic nitrogens is 1. The van der Waals surface area contributed by atoms with Crippen molar-refractivity contribution in [2.75, 3.05) is 20.2 Å². The molecular formula is C28H31N3O3S. The summed E-state index contributed by atoms with van der Waals surface area (Å²) in [7, 11) is -2.15. The number of rotatable bonds is 8. The molecule has 2 bridgehead atoms. The first kappa shape index (κ1) is 23.7. The van der Waals surface area contributed by atoms with Gasteiger partial charge in [-0.1, -0.05) is 30.9 Å². The number of pyridine rings is 1. The third kappa shape index (κ3) is 4.51. The molecule has 2 aromatic carbocycles. The van der Waals surface area contributed by atoms with E-state index in [2.05, 4.69) is 33.8 Å². The van der Waals surface area contributed by atoms with Gasteiger partial charge in [-0.25, -0.2) is 13.1 Å². The molecular weight excluding hydrogens is 458 g/mol. The van der Waals surface area contributed by atoms with Crippen LogP contribution in [-0.4, -0.2) is 44.5 Å². The molecule has 4 heterocycles. The van der Waals surface area contributed by atoms with E-state index >= 15 is 0 Å². The highest BCUT2D eigenvalue weighted by Gasteiger charge is 2.44. The lowest BCUT2D eigenvalue weighted by atomic mass is 9.73. The molecule has 6 rings (SSSR count).